The molecular weight excluding hydrogens is 290 g/mol. The minimum absolute atomic E-state index is 0.427. The minimum atomic E-state index is 0.427. The number of nitrogens with zero attached hydrogens (tertiary/aromatic N) is 3. The number of piperidine rings is 1. The zero-order valence-electron chi connectivity index (χ0n) is 13.6. The zero-order valence-corrected chi connectivity index (χ0v) is 13.6. The van der Waals surface area contributed by atoms with Gasteiger partial charge in [0.1, 0.15) is 5.75 Å². The van der Waals surface area contributed by atoms with E-state index in [9.17, 15) is 0 Å². The van der Waals surface area contributed by atoms with Gasteiger partial charge in [0.05, 0.1) is 7.11 Å². The lowest BCUT2D eigenvalue weighted by Crippen LogP contribution is -2.34. The van der Waals surface area contributed by atoms with Gasteiger partial charge in [-0.2, -0.15) is 4.98 Å². The topological polar surface area (TPSA) is 51.4 Å². The first kappa shape index (κ1) is 14.7. The van der Waals surface area contributed by atoms with E-state index in [4.69, 9.17) is 9.26 Å². The van der Waals surface area contributed by atoms with Crippen molar-refractivity contribution in [3.63, 3.8) is 0 Å². The van der Waals surface area contributed by atoms with E-state index in [0.29, 0.717) is 12.3 Å². The normalized spacial score (nSPS) is 19.9. The van der Waals surface area contributed by atoms with Crippen molar-refractivity contribution in [3.8, 4) is 5.75 Å². The molecule has 2 fully saturated rings. The van der Waals surface area contributed by atoms with Gasteiger partial charge in [0.25, 0.3) is 0 Å². The standard InChI is InChI=1S/C18H23N3O2/c1-22-16-4-2-3-13(11-16)12-17-19-18(23-20-17)14-7-9-21(10-8-14)15-5-6-15/h2-4,11,14-15H,5-10,12H2,1H3. The molecule has 0 atom stereocenters. The van der Waals surface area contributed by atoms with Crippen LogP contribution in [0.15, 0.2) is 28.8 Å². The molecule has 1 aliphatic carbocycles. The molecule has 0 N–H and O–H groups in total. The fourth-order valence-electron chi connectivity index (χ4n) is 3.42. The quantitative estimate of drug-likeness (QED) is 0.849. The molecule has 1 saturated heterocycles. The molecule has 1 aromatic heterocycles. The second kappa shape index (κ2) is 6.32. The van der Waals surface area contributed by atoms with Crippen molar-refractivity contribution in [1.29, 1.82) is 0 Å². The van der Waals surface area contributed by atoms with Gasteiger partial charge in [0.15, 0.2) is 5.82 Å². The summed E-state index contributed by atoms with van der Waals surface area (Å²) in [6.07, 6.45) is 5.72. The van der Waals surface area contributed by atoms with Crippen molar-refractivity contribution in [2.75, 3.05) is 20.2 Å². The molecule has 5 heteroatoms. The predicted molar refractivity (Wildman–Crippen MR) is 86.7 cm³/mol. The van der Waals surface area contributed by atoms with Gasteiger partial charge in [-0.05, 0) is 56.5 Å². The molecule has 4 rings (SSSR count). The average molecular weight is 313 g/mol. The number of benzene rings is 1. The van der Waals surface area contributed by atoms with Crippen LogP contribution in [0.3, 0.4) is 0 Å². The van der Waals surface area contributed by atoms with Crippen LogP contribution >= 0.6 is 0 Å². The number of methoxy groups -OCH3 is 1. The van der Waals surface area contributed by atoms with E-state index in [1.54, 1.807) is 7.11 Å². The van der Waals surface area contributed by atoms with Crippen LogP contribution in [0.4, 0.5) is 0 Å². The largest absolute Gasteiger partial charge is 0.497 e. The maximum atomic E-state index is 5.53. The maximum Gasteiger partial charge on any atom is 0.229 e. The van der Waals surface area contributed by atoms with E-state index in [1.165, 1.54) is 25.9 Å². The molecular formula is C18H23N3O2. The molecule has 1 aliphatic heterocycles. The number of aromatic nitrogens is 2. The fourth-order valence-corrected chi connectivity index (χ4v) is 3.42. The molecule has 1 saturated carbocycles. The first-order valence-electron chi connectivity index (χ1n) is 8.51. The Morgan fingerprint density at radius 2 is 2.04 bits per heavy atom. The third-order valence-electron chi connectivity index (χ3n) is 4.92. The Bertz CT molecular complexity index is 658. The van der Waals surface area contributed by atoms with Crippen molar-refractivity contribution < 1.29 is 9.26 Å². The smallest absolute Gasteiger partial charge is 0.229 e. The van der Waals surface area contributed by atoms with Crippen molar-refractivity contribution in [1.82, 2.24) is 15.0 Å². The summed E-state index contributed by atoms with van der Waals surface area (Å²) in [5.41, 5.74) is 1.14. The van der Waals surface area contributed by atoms with E-state index in [1.807, 2.05) is 18.2 Å². The second-order valence-corrected chi connectivity index (χ2v) is 6.62. The molecule has 5 nitrogen and oxygen atoms in total. The Kier molecular flexibility index (Phi) is 4.04. The number of likely N-dealkylation sites (tertiary alicyclic amines) is 1. The van der Waals surface area contributed by atoms with Crippen LogP contribution in [0.2, 0.25) is 0 Å². The SMILES string of the molecule is COc1cccc(Cc2noc(C3CCN(C4CC4)CC3)n2)c1. The van der Waals surface area contributed by atoms with Gasteiger partial charge in [-0.25, -0.2) is 0 Å². The van der Waals surface area contributed by atoms with Crippen LogP contribution in [0.25, 0.3) is 0 Å². The van der Waals surface area contributed by atoms with E-state index in [2.05, 4.69) is 21.1 Å². The summed E-state index contributed by atoms with van der Waals surface area (Å²) in [6.45, 7) is 2.34. The molecule has 23 heavy (non-hydrogen) atoms. The summed E-state index contributed by atoms with van der Waals surface area (Å²) in [5.74, 6) is 2.87. The van der Waals surface area contributed by atoms with Gasteiger partial charge in [0.2, 0.25) is 5.89 Å². The molecule has 0 amide bonds. The van der Waals surface area contributed by atoms with Crippen molar-refractivity contribution in [2.24, 2.45) is 0 Å². The van der Waals surface area contributed by atoms with Gasteiger partial charge < -0.3 is 14.2 Å². The highest BCUT2D eigenvalue weighted by Crippen LogP contribution is 2.34. The molecule has 0 radical (unpaired) electrons. The Balaban J connectivity index is 1.38. The number of hydrogen-bond acceptors (Lipinski definition) is 5. The highest BCUT2D eigenvalue weighted by atomic mass is 16.5. The first-order valence-corrected chi connectivity index (χ1v) is 8.51. The van der Waals surface area contributed by atoms with Crippen LogP contribution in [0.1, 0.15) is 48.9 Å². The summed E-state index contributed by atoms with van der Waals surface area (Å²) in [6, 6.07) is 8.88. The molecule has 0 unspecified atom stereocenters. The fraction of sp³-hybridized carbons (Fsp3) is 0.556. The van der Waals surface area contributed by atoms with Crippen molar-refractivity contribution in [3.05, 3.63) is 41.5 Å². The Labute approximate surface area is 136 Å². The van der Waals surface area contributed by atoms with Crippen molar-refractivity contribution >= 4 is 0 Å². The van der Waals surface area contributed by atoms with Gasteiger partial charge in [-0.1, -0.05) is 17.3 Å². The van der Waals surface area contributed by atoms with E-state index < -0.39 is 0 Å². The molecule has 0 bridgehead atoms. The summed E-state index contributed by atoms with van der Waals surface area (Å²) in [4.78, 5) is 7.25. The lowest BCUT2D eigenvalue weighted by molar-refractivity contribution is 0.186. The molecule has 2 aliphatic rings. The summed E-state index contributed by atoms with van der Waals surface area (Å²) in [5, 5.41) is 4.17. The lowest BCUT2D eigenvalue weighted by atomic mass is 9.96. The van der Waals surface area contributed by atoms with Gasteiger partial charge in [-0.15, -0.1) is 0 Å². The Morgan fingerprint density at radius 1 is 1.22 bits per heavy atom. The Hall–Kier alpha value is -1.88. The molecule has 2 heterocycles. The van der Waals surface area contributed by atoms with Crippen LogP contribution in [-0.2, 0) is 6.42 Å². The third-order valence-corrected chi connectivity index (χ3v) is 4.92. The average Bonchev–Trinajstić information content (AvgIpc) is 3.35. The van der Waals surface area contributed by atoms with Crippen LogP contribution in [0, 0.1) is 0 Å². The zero-order chi connectivity index (χ0) is 15.6. The Morgan fingerprint density at radius 3 is 2.78 bits per heavy atom. The van der Waals surface area contributed by atoms with Crippen LogP contribution in [0.5, 0.6) is 5.75 Å². The third kappa shape index (κ3) is 3.39. The molecule has 122 valence electrons. The molecule has 1 aromatic carbocycles. The summed E-state index contributed by atoms with van der Waals surface area (Å²) in [7, 11) is 1.68. The molecule has 0 spiro atoms. The molecule has 2 aromatic rings. The van der Waals surface area contributed by atoms with Crippen molar-refractivity contribution in [2.45, 2.75) is 44.1 Å². The predicted octanol–water partition coefficient (Wildman–Crippen LogP) is 3.01. The highest BCUT2D eigenvalue weighted by molar-refractivity contribution is 5.30. The van der Waals surface area contributed by atoms with Crippen LogP contribution in [-0.4, -0.2) is 41.3 Å². The highest BCUT2D eigenvalue weighted by Gasteiger charge is 2.33. The maximum absolute atomic E-state index is 5.53. The van der Waals surface area contributed by atoms with E-state index >= 15 is 0 Å². The van der Waals surface area contributed by atoms with Gasteiger partial charge in [-0.3, -0.25) is 0 Å². The van der Waals surface area contributed by atoms with E-state index in [-0.39, 0.29) is 0 Å². The van der Waals surface area contributed by atoms with Gasteiger partial charge >= 0.3 is 0 Å². The second-order valence-electron chi connectivity index (χ2n) is 6.62. The van der Waals surface area contributed by atoms with E-state index in [0.717, 1.165) is 41.9 Å². The number of hydrogen-bond donors (Lipinski definition) is 0. The van der Waals surface area contributed by atoms with Crippen LogP contribution < -0.4 is 4.74 Å². The minimum Gasteiger partial charge on any atom is -0.497 e. The summed E-state index contributed by atoms with van der Waals surface area (Å²) < 4.78 is 10.8. The lowest BCUT2D eigenvalue weighted by Gasteiger charge is -2.30. The number of rotatable bonds is 5. The first-order chi connectivity index (χ1) is 11.3. The monoisotopic (exact) mass is 313 g/mol. The van der Waals surface area contributed by atoms with Gasteiger partial charge in [0, 0.05) is 18.4 Å². The summed E-state index contributed by atoms with van der Waals surface area (Å²) >= 11 is 0. The number of ether oxygens (including phenoxy) is 1.